The molecule has 0 aromatic heterocycles. The third-order valence-corrected chi connectivity index (χ3v) is 4.20. The molecule has 1 atom stereocenters. The number of hydrogen-bond donors (Lipinski definition) is 1. The van der Waals surface area contributed by atoms with Gasteiger partial charge in [0.2, 0.25) is 0 Å². The van der Waals surface area contributed by atoms with E-state index in [-0.39, 0.29) is 0 Å². The van der Waals surface area contributed by atoms with E-state index in [2.05, 4.69) is 25.7 Å². The predicted octanol–water partition coefficient (Wildman–Crippen LogP) is 2.63. The molecule has 2 nitrogen and oxygen atoms in total. The zero-order chi connectivity index (χ0) is 11.3. The van der Waals surface area contributed by atoms with Gasteiger partial charge in [-0.3, -0.25) is 4.90 Å². The third-order valence-electron chi connectivity index (χ3n) is 4.20. The largest absolute Gasteiger partial charge is 0.329 e. The van der Waals surface area contributed by atoms with Crippen LogP contribution >= 0.6 is 0 Å². The maximum atomic E-state index is 6.02. The van der Waals surface area contributed by atoms with E-state index in [1.165, 1.54) is 38.6 Å². The van der Waals surface area contributed by atoms with E-state index in [1.54, 1.807) is 0 Å². The summed E-state index contributed by atoms with van der Waals surface area (Å²) < 4.78 is 0. The van der Waals surface area contributed by atoms with Crippen LogP contribution in [-0.2, 0) is 0 Å². The number of likely N-dealkylation sites (N-methyl/N-ethyl adjacent to an activating group) is 1. The summed E-state index contributed by atoms with van der Waals surface area (Å²) >= 11 is 0. The molecule has 0 bridgehead atoms. The number of hydrogen-bond acceptors (Lipinski definition) is 2. The van der Waals surface area contributed by atoms with E-state index in [1.807, 2.05) is 0 Å². The summed E-state index contributed by atoms with van der Waals surface area (Å²) in [5, 5.41) is 0. The van der Waals surface area contributed by atoms with Gasteiger partial charge in [0.15, 0.2) is 0 Å². The minimum Gasteiger partial charge on any atom is -0.329 e. The van der Waals surface area contributed by atoms with Gasteiger partial charge in [-0.1, -0.05) is 40.0 Å². The Morgan fingerprint density at radius 2 is 1.87 bits per heavy atom. The molecule has 90 valence electrons. The molecule has 0 aliphatic heterocycles. The maximum absolute atomic E-state index is 6.02. The highest BCUT2D eigenvalue weighted by molar-refractivity contribution is 4.95. The van der Waals surface area contributed by atoms with Gasteiger partial charge in [-0.2, -0.15) is 0 Å². The molecule has 15 heavy (non-hydrogen) atoms. The summed E-state index contributed by atoms with van der Waals surface area (Å²) in [7, 11) is 0. The van der Waals surface area contributed by atoms with Gasteiger partial charge in [0.1, 0.15) is 0 Å². The van der Waals surface area contributed by atoms with Gasteiger partial charge in [0.05, 0.1) is 0 Å². The summed E-state index contributed by atoms with van der Waals surface area (Å²) in [4.78, 5) is 2.65. The highest BCUT2D eigenvalue weighted by Gasteiger charge is 2.37. The van der Waals surface area contributed by atoms with Gasteiger partial charge in [-0.25, -0.2) is 0 Å². The lowest BCUT2D eigenvalue weighted by Crippen LogP contribution is -2.53. The SMILES string of the molecule is CCC(C)CN(CC)C1(CN)CCCC1. The van der Waals surface area contributed by atoms with Crippen molar-refractivity contribution in [1.82, 2.24) is 4.90 Å². The molecule has 0 amide bonds. The Kier molecular flexibility index (Phi) is 5.07. The Balaban J connectivity index is 2.62. The average molecular weight is 212 g/mol. The van der Waals surface area contributed by atoms with Gasteiger partial charge in [0, 0.05) is 18.6 Å². The Bertz CT molecular complexity index is 173. The summed E-state index contributed by atoms with van der Waals surface area (Å²) in [6.07, 6.45) is 6.64. The van der Waals surface area contributed by atoms with Crippen molar-refractivity contribution in [3.63, 3.8) is 0 Å². The first kappa shape index (κ1) is 13.0. The van der Waals surface area contributed by atoms with Crippen LogP contribution in [0.25, 0.3) is 0 Å². The lowest BCUT2D eigenvalue weighted by Gasteiger charge is -2.41. The van der Waals surface area contributed by atoms with Crippen LogP contribution in [0.2, 0.25) is 0 Å². The van der Waals surface area contributed by atoms with Crippen molar-refractivity contribution in [2.45, 2.75) is 58.4 Å². The summed E-state index contributed by atoms with van der Waals surface area (Å²) in [6.45, 7) is 10.1. The zero-order valence-electron chi connectivity index (χ0n) is 10.8. The molecule has 1 aliphatic rings. The van der Waals surface area contributed by atoms with Crippen molar-refractivity contribution in [1.29, 1.82) is 0 Å². The fraction of sp³-hybridized carbons (Fsp3) is 1.00. The van der Waals surface area contributed by atoms with Crippen molar-refractivity contribution in [2.24, 2.45) is 11.7 Å². The molecular formula is C13H28N2. The second-order valence-corrected chi connectivity index (χ2v) is 5.19. The van der Waals surface area contributed by atoms with Crippen LogP contribution in [0.5, 0.6) is 0 Å². The van der Waals surface area contributed by atoms with Crippen LogP contribution in [0.15, 0.2) is 0 Å². The van der Waals surface area contributed by atoms with Crippen LogP contribution in [0.4, 0.5) is 0 Å². The first-order valence-corrected chi connectivity index (χ1v) is 6.63. The fourth-order valence-electron chi connectivity index (χ4n) is 2.85. The van der Waals surface area contributed by atoms with Gasteiger partial charge in [-0.15, -0.1) is 0 Å². The summed E-state index contributed by atoms with van der Waals surface area (Å²) in [5.41, 5.74) is 6.37. The van der Waals surface area contributed by atoms with Crippen LogP contribution in [0, 0.1) is 5.92 Å². The average Bonchev–Trinajstić information content (AvgIpc) is 2.75. The van der Waals surface area contributed by atoms with Crippen molar-refractivity contribution >= 4 is 0 Å². The molecule has 1 fully saturated rings. The lowest BCUT2D eigenvalue weighted by molar-refractivity contribution is 0.0880. The van der Waals surface area contributed by atoms with Gasteiger partial charge in [0.25, 0.3) is 0 Å². The number of nitrogens with two attached hydrogens (primary N) is 1. The maximum Gasteiger partial charge on any atom is 0.0331 e. The molecule has 0 aromatic carbocycles. The van der Waals surface area contributed by atoms with E-state index in [9.17, 15) is 0 Å². The molecule has 0 aromatic rings. The monoisotopic (exact) mass is 212 g/mol. The van der Waals surface area contributed by atoms with Crippen LogP contribution in [-0.4, -0.2) is 30.1 Å². The zero-order valence-corrected chi connectivity index (χ0v) is 10.8. The van der Waals surface area contributed by atoms with Crippen molar-refractivity contribution in [3.05, 3.63) is 0 Å². The van der Waals surface area contributed by atoms with E-state index in [0.29, 0.717) is 5.54 Å². The number of nitrogens with zero attached hydrogens (tertiary/aromatic N) is 1. The van der Waals surface area contributed by atoms with Gasteiger partial charge in [-0.05, 0) is 25.3 Å². The molecule has 1 rings (SSSR count). The molecular weight excluding hydrogens is 184 g/mol. The smallest absolute Gasteiger partial charge is 0.0331 e. The lowest BCUT2D eigenvalue weighted by atomic mass is 9.93. The fourth-order valence-corrected chi connectivity index (χ4v) is 2.85. The Labute approximate surface area is 95.2 Å². The summed E-state index contributed by atoms with van der Waals surface area (Å²) in [6, 6.07) is 0. The third kappa shape index (κ3) is 2.94. The highest BCUT2D eigenvalue weighted by Crippen LogP contribution is 2.34. The molecule has 0 saturated heterocycles. The second-order valence-electron chi connectivity index (χ2n) is 5.19. The van der Waals surface area contributed by atoms with Crippen molar-refractivity contribution in [2.75, 3.05) is 19.6 Å². The standard InChI is InChI=1S/C13H28N2/c1-4-12(3)10-15(5-2)13(11-14)8-6-7-9-13/h12H,4-11,14H2,1-3H3. The molecule has 2 heteroatoms. The predicted molar refractivity (Wildman–Crippen MR) is 67.0 cm³/mol. The Morgan fingerprint density at radius 1 is 1.27 bits per heavy atom. The van der Waals surface area contributed by atoms with E-state index in [0.717, 1.165) is 19.0 Å². The first-order valence-electron chi connectivity index (χ1n) is 6.63. The molecule has 2 N–H and O–H groups in total. The Morgan fingerprint density at radius 3 is 2.27 bits per heavy atom. The van der Waals surface area contributed by atoms with Crippen LogP contribution in [0.3, 0.4) is 0 Å². The second kappa shape index (κ2) is 5.86. The minimum absolute atomic E-state index is 0.345. The highest BCUT2D eigenvalue weighted by atomic mass is 15.2. The normalized spacial score (nSPS) is 22.2. The van der Waals surface area contributed by atoms with Gasteiger partial charge >= 0.3 is 0 Å². The quantitative estimate of drug-likeness (QED) is 0.733. The van der Waals surface area contributed by atoms with E-state index in [4.69, 9.17) is 5.73 Å². The molecule has 1 saturated carbocycles. The minimum atomic E-state index is 0.345. The first-order chi connectivity index (χ1) is 7.18. The molecule has 1 aliphatic carbocycles. The summed E-state index contributed by atoms with van der Waals surface area (Å²) in [5.74, 6) is 0.800. The number of rotatable bonds is 6. The molecule has 0 spiro atoms. The van der Waals surface area contributed by atoms with E-state index < -0.39 is 0 Å². The topological polar surface area (TPSA) is 29.3 Å². The van der Waals surface area contributed by atoms with E-state index >= 15 is 0 Å². The van der Waals surface area contributed by atoms with Gasteiger partial charge < -0.3 is 5.73 Å². The molecule has 1 unspecified atom stereocenters. The molecule has 0 heterocycles. The van der Waals surface area contributed by atoms with Crippen molar-refractivity contribution < 1.29 is 0 Å². The Hall–Kier alpha value is -0.0800. The molecule has 0 radical (unpaired) electrons. The van der Waals surface area contributed by atoms with Crippen LogP contribution in [0.1, 0.15) is 52.9 Å². The van der Waals surface area contributed by atoms with Crippen molar-refractivity contribution in [3.8, 4) is 0 Å². The van der Waals surface area contributed by atoms with Crippen LogP contribution < -0.4 is 5.73 Å².